The highest BCUT2D eigenvalue weighted by atomic mass is 19.4. The molecule has 1 aromatic rings. The molecule has 0 aliphatic heterocycles. The van der Waals surface area contributed by atoms with Crippen LogP contribution >= 0.6 is 0 Å². The smallest absolute Gasteiger partial charge is 0.373 e. The number of primary amides is 1. The van der Waals surface area contributed by atoms with Crippen LogP contribution in [0.25, 0.3) is 0 Å². The molecule has 0 unspecified atom stereocenters. The van der Waals surface area contributed by atoms with E-state index in [4.69, 9.17) is 5.73 Å². The molecule has 1 amide bonds. The van der Waals surface area contributed by atoms with Gasteiger partial charge in [-0.2, -0.15) is 13.2 Å². The lowest BCUT2D eigenvalue weighted by atomic mass is 10.3. The SMILES string of the molecule is CNc1nc(C(N)=O)ncc1C(F)(F)F. The number of hydrogen-bond donors (Lipinski definition) is 2. The first-order chi connectivity index (χ1) is 6.86. The minimum atomic E-state index is -4.57. The summed E-state index contributed by atoms with van der Waals surface area (Å²) >= 11 is 0. The van der Waals surface area contributed by atoms with Crippen molar-refractivity contribution < 1.29 is 18.0 Å². The lowest BCUT2D eigenvalue weighted by Crippen LogP contribution is -2.19. The Bertz CT molecular complexity index is 390. The molecule has 8 heteroatoms. The molecule has 0 atom stereocenters. The van der Waals surface area contributed by atoms with Crippen LogP contribution in [0.3, 0.4) is 0 Å². The zero-order valence-electron chi connectivity index (χ0n) is 7.59. The van der Waals surface area contributed by atoms with E-state index in [1.54, 1.807) is 0 Å². The van der Waals surface area contributed by atoms with Gasteiger partial charge in [-0.05, 0) is 0 Å². The van der Waals surface area contributed by atoms with E-state index in [0.717, 1.165) is 0 Å². The molecule has 82 valence electrons. The van der Waals surface area contributed by atoms with Gasteiger partial charge in [0.2, 0.25) is 5.82 Å². The molecule has 0 radical (unpaired) electrons. The highest BCUT2D eigenvalue weighted by molar-refractivity contribution is 5.89. The standard InChI is InChI=1S/C7H7F3N4O/c1-12-5-3(7(8,9)10)2-13-6(14-5)4(11)15/h2H,1H3,(H2,11,15)(H,12,13,14). The average molecular weight is 220 g/mol. The van der Waals surface area contributed by atoms with Crippen molar-refractivity contribution in [3.8, 4) is 0 Å². The normalized spacial score (nSPS) is 11.2. The van der Waals surface area contributed by atoms with Crippen molar-refractivity contribution in [3.63, 3.8) is 0 Å². The molecule has 3 N–H and O–H groups in total. The van der Waals surface area contributed by atoms with E-state index in [2.05, 4.69) is 15.3 Å². The fourth-order valence-electron chi connectivity index (χ4n) is 0.899. The maximum atomic E-state index is 12.3. The molecule has 0 spiro atoms. The Morgan fingerprint density at radius 1 is 1.53 bits per heavy atom. The number of aromatic nitrogens is 2. The van der Waals surface area contributed by atoms with E-state index in [-0.39, 0.29) is 0 Å². The minimum absolute atomic E-state index is 0.465. The second-order valence-electron chi connectivity index (χ2n) is 2.57. The number of carbonyl (C=O) groups is 1. The van der Waals surface area contributed by atoms with Gasteiger partial charge < -0.3 is 11.1 Å². The van der Waals surface area contributed by atoms with Crippen LogP contribution in [-0.2, 0) is 6.18 Å². The molecule has 1 aromatic heterocycles. The molecule has 0 saturated carbocycles. The fourth-order valence-corrected chi connectivity index (χ4v) is 0.899. The first-order valence-corrected chi connectivity index (χ1v) is 3.78. The topological polar surface area (TPSA) is 80.9 Å². The van der Waals surface area contributed by atoms with Crippen LogP contribution in [0, 0.1) is 0 Å². The number of nitrogens with zero attached hydrogens (tertiary/aromatic N) is 2. The predicted molar refractivity (Wildman–Crippen MR) is 45.1 cm³/mol. The molecule has 0 aliphatic rings. The van der Waals surface area contributed by atoms with Crippen LogP contribution < -0.4 is 11.1 Å². The highest BCUT2D eigenvalue weighted by Crippen LogP contribution is 2.32. The van der Waals surface area contributed by atoms with Crippen molar-refractivity contribution >= 4 is 11.7 Å². The van der Waals surface area contributed by atoms with Gasteiger partial charge in [-0.3, -0.25) is 4.79 Å². The third-order valence-electron chi connectivity index (χ3n) is 1.55. The predicted octanol–water partition coefficient (Wildman–Crippen LogP) is 0.636. The highest BCUT2D eigenvalue weighted by Gasteiger charge is 2.35. The monoisotopic (exact) mass is 220 g/mol. The zero-order chi connectivity index (χ0) is 11.6. The third-order valence-corrected chi connectivity index (χ3v) is 1.55. The van der Waals surface area contributed by atoms with Gasteiger partial charge in [0.1, 0.15) is 11.4 Å². The Morgan fingerprint density at radius 3 is 2.53 bits per heavy atom. The van der Waals surface area contributed by atoms with E-state index >= 15 is 0 Å². The number of alkyl halides is 3. The van der Waals surface area contributed by atoms with Crippen molar-refractivity contribution in [1.29, 1.82) is 0 Å². The van der Waals surface area contributed by atoms with Crippen molar-refractivity contribution in [2.45, 2.75) is 6.18 Å². The largest absolute Gasteiger partial charge is 0.421 e. The van der Waals surface area contributed by atoms with Crippen LogP contribution in [0.5, 0.6) is 0 Å². The van der Waals surface area contributed by atoms with E-state index in [1.807, 2.05) is 0 Å². The summed E-state index contributed by atoms with van der Waals surface area (Å²) in [7, 11) is 1.25. The molecule has 0 fully saturated rings. The van der Waals surface area contributed by atoms with Crippen LogP contribution in [0.4, 0.5) is 19.0 Å². The molecule has 0 saturated heterocycles. The van der Waals surface area contributed by atoms with E-state index in [1.165, 1.54) is 7.05 Å². The third kappa shape index (κ3) is 2.33. The van der Waals surface area contributed by atoms with E-state index in [0.29, 0.717) is 6.20 Å². The van der Waals surface area contributed by atoms with Gasteiger partial charge in [0.05, 0.1) is 0 Å². The van der Waals surface area contributed by atoms with Crippen molar-refractivity contribution in [2.24, 2.45) is 5.73 Å². The van der Waals surface area contributed by atoms with Crippen LogP contribution in [-0.4, -0.2) is 22.9 Å². The molecule has 1 heterocycles. The summed E-state index contributed by atoms with van der Waals surface area (Å²) in [6.07, 6.45) is -4.06. The summed E-state index contributed by atoms with van der Waals surface area (Å²) in [6.45, 7) is 0. The summed E-state index contributed by atoms with van der Waals surface area (Å²) in [6, 6.07) is 0. The summed E-state index contributed by atoms with van der Waals surface area (Å²) < 4.78 is 37.0. The molecule has 0 aliphatic carbocycles. The second-order valence-corrected chi connectivity index (χ2v) is 2.57. The zero-order valence-corrected chi connectivity index (χ0v) is 7.59. The van der Waals surface area contributed by atoms with Gasteiger partial charge in [0.15, 0.2) is 0 Å². The summed E-state index contributed by atoms with van der Waals surface area (Å²) in [5, 5.41) is 2.22. The Balaban J connectivity index is 3.27. The number of nitrogens with one attached hydrogen (secondary N) is 1. The Morgan fingerprint density at radius 2 is 2.13 bits per heavy atom. The van der Waals surface area contributed by atoms with Gasteiger partial charge in [-0.1, -0.05) is 0 Å². The maximum Gasteiger partial charge on any atom is 0.421 e. The van der Waals surface area contributed by atoms with Crippen molar-refractivity contribution in [2.75, 3.05) is 12.4 Å². The summed E-state index contributed by atoms with van der Waals surface area (Å²) in [5.74, 6) is -1.93. The van der Waals surface area contributed by atoms with Gasteiger partial charge in [-0.15, -0.1) is 0 Å². The van der Waals surface area contributed by atoms with Gasteiger partial charge in [0, 0.05) is 13.2 Å². The first kappa shape index (κ1) is 11.2. The maximum absolute atomic E-state index is 12.3. The van der Waals surface area contributed by atoms with Crippen LogP contribution in [0.1, 0.15) is 16.2 Å². The number of rotatable bonds is 2. The molecular formula is C7H7F3N4O. The van der Waals surface area contributed by atoms with Crippen molar-refractivity contribution in [1.82, 2.24) is 9.97 Å². The van der Waals surface area contributed by atoms with Crippen LogP contribution in [0.2, 0.25) is 0 Å². The molecule has 15 heavy (non-hydrogen) atoms. The Kier molecular flexibility index (Phi) is 2.78. The van der Waals surface area contributed by atoms with Crippen molar-refractivity contribution in [3.05, 3.63) is 17.6 Å². The lowest BCUT2D eigenvalue weighted by Gasteiger charge is -2.10. The molecule has 5 nitrogen and oxygen atoms in total. The van der Waals surface area contributed by atoms with E-state index < -0.39 is 29.3 Å². The molecule has 0 aromatic carbocycles. The number of hydrogen-bond acceptors (Lipinski definition) is 4. The molecule has 0 bridgehead atoms. The minimum Gasteiger partial charge on any atom is -0.373 e. The summed E-state index contributed by atoms with van der Waals surface area (Å²) in [4.78, 5) is 17.2. The Hall–Kier alpha value is -1.86. The van der Waals surface area contributed by atoms with Crippen LogP contribution in [0.15, 0.2) is 6.20 Å². The molecule has 1 rings (SSSR count). The number of amides is 1. The summed E-state index contributed by atoms with van der Waals surface area (Å²) in [5.41, 5.74) is 3.78. The van der Waals surface area contributed by atoms with Gasteiger partial charge in [-0.25, -0.2) is 9.97 Å². The van der Waals surface area contributed by atoms with E-state index in [9.17, 15) is 18.0 Å². The number of carbonyl (C=O) groups excluding carboxylic acids is 1. The fraction of sp³-hybridized carbons (Fsp3) is 0.286. The van der Waals surface area contributed by atoms with Gasteiger partial charge in [0.25, 0.3) is 5.91 Å². The number of halogens is 3. The lowest BCUT2D eigenvalue weighted by molar-refractivity contribution is -0.137. The second kappa shape index (κ2) is 3.71. The number of anilines is 1. The van der Waals surface area contributed by atoms with Gasteiger partial charge >= 0.3 is 6.18 Å². The first-order valence-electron chi connectivity index (χ1n) is 3.78. The quantitative estimate of drug-likeness (QED) is 0.766. The number of nitrogens with two attached hydrogens (primary N) is 1. The molecular weight excluding hydrogens is 213 g/mol. The average Bonchev–Trinajstić information content (AvgIpc) is 2.15. The Labute approximate surface area is 82.5 Å².